The van der Waals surface area contributed by atoms with E-state index < -0.39 is 0 Å². The van der Waals surface area contributed by atoms with Crippen molar-refractivity contribution in [3.63, 3.8) is 0 Å². The highest BCUT2D eigenvalue weighted by Gasteiger charge is 2.28. The quantitative estimate of drug-likeness (QED) is 0.894. The van der Waals surface area contributed by atoms with Gasteiger partial charge in [-0.25, -0.2) is 0 Å². The van der Waals surface area contributed by atoms with Gasteiger partial charge < -0.3 is 10.2 Å². The van der Waals surface area contributed by atoms with Crippen LogP contribution in [0.2, 0.25) is 5.02 Å². The van der Waals surface area contributed by atoms with Crippen LogP contribution >= 0.6 is 11.6 Å². The molecule has 1 heterocycles. The van der Waals surface area contributed by atoms with E-state index in [-0.39, 0.29) is 0 Å². The van der Waals surface area contributed by atoms with Crippen molar-refractivity contribution in [2.75, 3.05) is 18.0 Å². The summed E-state index contributed by atoms with van der Waals surface area (Å²) in [5.41, 5.74) is 3.14. The zero-order valence-electron chi connectivity index (χ0n) is 12.6. The summed E-state index contributed by atoms with van der Waals surface area (Å²) in [5, 5.41) is 4.46. The number of hydrogen-bond donors (Lipinski definition) is 1. The Morgan fingerprint density at radius 3 is 2.85 bits per heavy atom. The Kier molecular flexibility index (Phi) is 3.96. The third kappa shape index (κ3) is 3.48. The van der Waals surface area contributed by atoms with Gasteiger partial charge >= 0.3 is 0 Å². The highest BCUT2D eigenvalue weighted by Crippen LogP contribution is 2.34. The third-order valence-electron chi connectivity index (χ3n) is 4.44. The van der Waals surface area contributed by atoms with Gasteiger partial charge in [0.15, 0.2) is 0 Å². The number of rotatable bonds is 4. The van der Waals surface area contributed by atoms with Crippen molar-refractivity contribution in [3.8, 4) is 0 Å². The van der Waals surface area contributed by atoms with Gasteiger partial charge in [0.05, 0.1) is 0 Å². The van der Waals surface area contributed by atoms with E-state index in [1.807, 2.05) is 6.07 Å². The lowest BCUT2D eigenvalue weighted by Crippen LogP contribution is -2.40. The lowest BCUT2D eigenvalue weighted by Gasteiger charge is -2.40. The zero-order valence-corrected chi connectivity index (χ0v) is 13.3. The van der Waals surface area contributed by atoms with E-state index in [9.17, 15) is 0 Å². The van der Waals surface area contributed by atoms with Crippen LogP contribution in [-0.4, -0.2) is 19.1 Å². The standard InChI is InChI=1S/C17H25ClN2/c1-17(2)8-3-9-20(12-17)16-7-4-14(18)10-13(16)11-19-15-5-6-15/h4,7,10,15,19H,3,5-6,8-9,11-12H2,1-2H3. The van der Waals surface area contributed by atoms with Crippen LogP contribution in [0.4, 0.5) is 5.69 Å². The highest BCUT2D eigenvalue weighted by molar-refractivity contribution is 6.30. The van der Waals surface area contributed by atoms with Gasteiger partial charge in [0.25, 0.3) is 0 Å². The first kappa shape index (κ1) is 14.2. The number of anilines is 1. The highest BCUT2D eigenvalue weighted by atomic mass is 35.5. The Labute approximate surface area is 127 Å². The Balaban J connectivity index is 1.79. The first-order valence-electron chi connectivity index (χ1n) is 7.80. The molecule has 2 aliphatic rings. The summed E-state index contributed by atoms with van der Waals surface area (Å²) in [6, 6.07) is 7.10. The molecule has 0 spiro atoms. The smallest absolute Gasteiger partial charge is 0.0413 e. The topological polar surface area (TPSA) is 15.3 Å². The van der Waals surface area contributed by atoms with Gasteiger partial charge in [-0.3, -0.25) is 0 Å². The molecule has 0 radical (unpaired) electrons. The minimum Gasteiger partial charge on any atom is -0.371 e. The summed E-state index contributed by atoms with van der Waals surface area (Å²) in [6.45, 7) is 8.00. The summed E-state index contributed by atoms with van der Waals surface area (Å²) in [5.74, 6) is 0. The van der Waals surface area contributed by atoms with Gasteiger partial charge in [0.2, 0.25) is 0 Å². The number of halogens is 1. The molecule has 1 aliphatic carbocycles. The Morgan fingerprint density at radius 2 is 2.15 bits per heavy atom. The minimum absolute atomic E-state index is 0.416. The molecule has 0 atom stereocenters. The van der Waals surface area contributed by atoms with Crippen LogP contribution in [0.5, 0.6) is 0 Å². The van der Waals surface area contributed by atoms with Crippen LogP contribution in [0.1, 0.15) is 45.1 Å². The van der Waals surface area contributed by atoms with Gasteiger partial charge in [-0.2, -0.15) is 0 Å². The van der Waals surface area contributed by atoms with Crippen molar-refractivity contribution in [2.24, 2.45) is 5.41 Å². The Morgan fingerprint density at radius 1 is 1.35 bits per heavy atom. The number of hydrogen-bond acceptors (Lipinski definition) is 2. The summed E-state index contributed by atoms with van der Waals surface area (Å²) < 4.78 is 0. The Hall–Kier alpha value is -0.730. The lowest BCUT2D eigenvalue weighted by atomic mass is 9.84. The van der Waals surface area contributed by atoms with Crippen LogP contribution in [0.3, 0.4) is 0 Å². The van der Waals surface area contributed by atoms with E-state index in [1.165, 1.54) is 43.5 Å². The van der Waals surface area contributed by atoms with Crippen molar-refractivity contribution in [3.05, 3.63) is 28.8 Å². The monoisotopic (exact) mass is 292 g/mol. The van der Waals surface area contributed by atoms with Crippen molar-refractivity contribution in [1.29, 1.82) is 0 Å². The largest absolute Gasteiger partial charge is 0.371 e. The molecule has 1 aromatic rings. The minimum atomic E-state index is 0.416. The fourth-order valence-electron chi connectivity index (χ4n) is 3.17. The number of nitrogens with one attached hydrogen (secondary N) is 1. The average Bonchev–Trinajstić information content (AvgIpc) is 3.19. The van der Waals surface area contributed by atoms with Gasteiger partial charge in [-0.1, -0.05) is 25.4 Å². The van der Waals surface area contributed by atoms with E-state index in [2.05, 4.69) is 36.2 Å². The van der Waals surface area contributed by atoms with Crippen molar-refractivity contribution in [2.45, 2.75) is 52.1 Å². The molecule has 2 nitrogen and oxygen atoms in total. The molecule has 0 bridgehead atoms. The maximum Gasteiger partial charge on any atom is 0.0413 e. The molecule has 1 aliphatic heterocycles. The molecule has 0 aromatic heterocycles. The molecule has 3 heteroatoms. The number of piperidine rings is 1. The van der Waals surface area contributed by atoms with Crippen LogP contribution in [0.15, 0.2) is 18.2 Å². The Bertz CT molecular complexity index is 480. The molecular weight excluding hydrogens is 268 g/mol. The normalized spacial score (nSPS) is 22.1. The van der Waals surface area contributed by atoms with Gasteiger partial charge in [0, 0.05) is 36.4 Å². The van der Waals surface area contributed by atoms with Gasteiger partial charge in [-0.05, 0) is 54.9 Å². The molecule has 1 aromatic carbocycles. The maximum absolute atomic E-state index is 6.20. The molecule has 2 fully saturated rings. The molecule has 20 heavy (non-hydrogen) atoms. The summed E-state index contributed by atoms with van der Waals surface area (Å²) in [7, 11) is 0. The molecule has 3 rings (SSSR count). The number of nitrogens with zero attached hydrogens (tertiary/aromatic N) is 1. The second kappa shape index (κ2) is 5.57. The van der Waals surface area contributed by atoms with E-state index in [4.69, 9.17) is 11.6 Å². The van der Waals surface area contributed by atoms with Gasteiger partial charge in [0.1, 0.15) is 0 Å². The van der Waals surface area contributed by atoms with E-state index in [0.717, 1.165) is 24.2 Å². The summed E-state index contributed by atoms with van der Waals surface area (Å²) in [6.07, 6.45) is 5.26. The van der Waals surface area contributed by atoms with Crippen LogP contribution < -0.4 is 10.2 Å². The molecular formula is C17H25ClN2. The van der Waals surface area contributed by atoms with Crippen LogP contribution in [0, 0.1) is 5.41 Å². The van der Waals surface area contributed by atoms with E-state index in [1.54, 1.807) is 0 Å². The fraction of sp³-hybridized carbons (Fsp3) is 0.647. The van der Waals surface area contributed by atoms with Gasteiger partial charge in [-0.15, -0.1) is 0 Å². The lowest BCUT2D eigenvalue weighted by molar-refractivity contribution is 0.293. The predicted molar refractivity (Wildman–Crippen MR) is 86.5 cm³/mol. The van der Waals surface area contributed by atoms with Crippen molar-refractivity contribution < 1.29 is 0 Å². The van der Waals surface area contributed by atoms with E-state index >= 15 is 0 Å². The molecule has 110 valence electrons. The first-order valence-corrected chi connectivity index (χ1v) is 8.18. The second-order valence-corrected chi connectivity index (χ2v) is 7.55. The average molecular weight is 293 g/mol. The molecule has 1 N–H and O–H groups in total. The first-order chi connectivity index (χ1) is 9.53. The third-order valence-corrected chi connectivity index (χ3v) is 4.68. The second-order valence-electron chi connectivity index (χ2n) is 7.12. The summed E-state index contributed by atoms with van der Waals surface area (Å²) >= 11 is 6.20. The molecule has 0 unspecified atom stereocenters. The zero-order chi connectivity index (χ0) is 14.2. The SMILES string of the molecule is CC1(C)CCCN(c2ccc(Cl)cc2CNC2CC2)C1. The van der Waals surface area contributed by atoms with Crippen LogP contribution in [-0.2, 0) is 6.54 Å². The van der Waals surface area contributed by atoms with Crippen molar-refractivity contribution >= 4 is 17.3 Å². The summed E-state index contributed by atoms with van der Waals surface area (Å²) in [4.78, 5) is 2.55. The predicted octanol–water partition coefficient (Wildman–Crippen LogP) is 4.22. The van der Waals surface area contributed by atoms with E-state index in [0.29, 0.717) is 5.41 Å². The van der Waals surface area contributed by atoms with Crippen molar-refractivity contribution in [1.82, 2.24) is 5.32 Å². The molecule has 0 amide bonds. The maximum atomic E-state index is 6.20. The number of benzene rings is 1. The molecule has 1 saturated carbocycles. The molecule has 1 saturated heterocycles. The van der Waals surface area contributed by atoms with Crippen LogP contribution in [0.25, 0.3) is 0 Å². The fourth-order valence-corrected chi connectivity index (χ4v) is 3.37.